The van der Waals surface area contributed by atoms with Crippen LogP contribution in [0.2, 0.25) is 0 Å². The molecule has 0 unspecified atom stereocenters. The minimum atomic E-state index is -3.69. The molecule has 1 aliphatic heterocycles. The first-order chi connectivity index (χ1) is 13.8. The summed E-state index contributed by atoms with van der Waals surface area (Å²) >= 11 is 1.51. The van der Waals surface area contributed by atoms with Gasteiger partial charge in [0.2, 0.25) is 11.8 Å². The van der Waals surface area contributed by atoms with E-state index in [0.29, 0.717) is 23.5 Å². The molecular weight excluding hydrogens is 408 g/mol. The fourth-order valence-electron chi connectivity index (χ4n) is 3.03. The minimum Gasteiger partial charge on any atom is -0.326 e. The molecule has 2 amide bonds. The van der Waals surface area contributed by atoms with Crippen LogP contribution in [-0.2, 0) is 25.8 Å². The predicted molar refractivity (Wildman–Crippen MR) is 116 cm³/mol. The molecule has 2 N–H and O–H groups in total. The number of hydrogen-bond acceptors (Lipinski definition) is 5. The van der Waals surface area contributed by atoms with Crippen molar-refractivity contribution in [3.05, 3.63) is 48.0 Å². The Bertz CT molecular complexity index is 1030. The van der Waals surface area contributed by atoms with Crippen LogP contribution >= 0.6 is 11.8 Å². The molecule has 0 bridgehead atoms. The Hall–Kier alpha value is -2.32. The normalized spacial score (nSPS) is 15.0. The van der Waals surface area contributed by atoms with Crippen LogP contribution in [-0.4, -0.2) is 31.7 Å². The summed E-state index contributed by atoms with van der Waals surface area (Å²) in [4.78, 5) is 25.2. The van der Waals surface area contributed by atoms with E-state index in [9.17, 15) is 18.0 Å². The van der Waals surface area contributed by atoms with Gasteiger partial charge in [-0.05, 0) is 42.3 Å². The molecule has 2 aromatic carbocycles. The smallest absolute Gasteiger partial charge is 0.228 e. The molecule has 0 fully saturated rings. The van der Waals surface area contributed by atoms with Crippen molar-refractivity contribution >= 4 is 44.8 Å². The Balaban J connectivity index is 1.73. The lowest BCUT2D eigenvalue weighted by Crippen LogP contribution is -2.27. The number of rotatable bonds is 6. The molecule has 0 spiro atoms. The first kappa shape index (κ1) is 21.4. The van der Waals surface area contributed by atoms with Gasteiger partial charge in [-0.2, -0.15) is 0 Å². The molecule has 154 valence electrons. The summed E-state index contributed by atoms with van der Waals surface area (Å²) in [5.74, 6) is -0.866. The van der Waals surface area contributed by atoms with E-state index in [0.717, 1.165) is 16.9 Å². The third-order valence-electron chi connectivity index (χ3n) is 4.69. The summed E-state index contributed by atoms with van der Waals surface area (Å²) < 4.78 is 25.7. The number of nitrogens with one attached hydrogen (secondary N) is 2. The molecule has 0 aliphatic carbocycles. The van der Waals surface area contributed by atoms with E-state index in [1.165, 1.54) is 23.9 Å². The van der Waals surface area contributed by atoms with Gasteiger partial charge >= 0.3 is 0 Å². The average molecular weight is 433 g/mol. The molecule has 0 aromatic heterocycles. The van der Waals surface area contributed by atoms with Crippen LogP contribution in [0.5, 0.6) is 0 Å². The fraction of sp³-hybridized carbons (Fsp3) is 0.333. The summed E-state index contributed by atoms with van der Waals surface area (Å²) in [7, 11) is -3.69. The van der Waals surface area contributed by atoms with E-state index in [-0.39, 0.29) is 22.5 Å². The van der Waals surface area contributed by atoms with Gasteiger partial charge in [0.15, 0.2) is 9.84 Å². The lowest BCUT2D eigenvalue weighted by atomic mass is 10.1. The van der Waals surface area contributed by atoms with Crippen LogP contribution in [0.1, 0.15) is 25.8 Å². The van der Waals surface area contributed by atoms with Crippen LogP contribution in [0.15, 0.2) is 52.3 Å². The number of sulfone groups is 1. The SMILES string of the molecule is CCc1cccc(NC(=O)[C@H](C)CS(=O)(=O)c2ccc3c(c2)NC(=O)CCS3)c1. The fourth-order valence-corrected chi connectivity index (χ4v) is 5.54. The molecule has 6 nitrogen and oxygen atoms in total. The van der Waals surface area contributed by atoms with Gasteiger partial charge in [0, 0.05) is 28.7 Å². The third kappa shape index (κ3) is 5.39. The number of carbonyl (C=O) groups is 2. The lowest BCUT2D eigenvalue weighted by Gasteiger charge is -2.14. The van der Waals surface area contributed by atoms with Crippen LogP contribution in [0, 0.1) is 5.92 Å². The van der Waals surface area contributed by atoms with Crippen LogP contribution in [0.3, 0.4) is 0 Å². The zero-order chi connectivity index (χ0) is 21.0. The van der Waals surface area contributed by atoms with E-state index in [2.05, 4.69) is 10.6 Å². The zero-order valence-electron chi connectivity index (χ0n) is 16.4. The van der Waals surface area contributed by atoms with Gasteiger partial charge in [0.1, 0.15) is 0 Å². The second kappa shape index (κ2) is 9.00. The first-order valence-corrected chi connectivity index (χ1v) is 12.1. The summed E-state index contributed by atoms with van der Waals surface area (Å²) in [6, 6.07) is 12.2. The summed E-state index contributed by atoms with van der Waals surface area (Å²) in [5.41, 5.74) is 2.25. The van der Waals surface area contributed by atoms with Crippen molar-refractivity contribution in [2.24, 2.45) is 5.92 Å². The molecular formula is C21H24N2O4S2. The van der Waals surface area contributed by atoms with Crippen LogP contribution in [0.4, 0.5) is 11.4 Å². The average Bonchev–Trinajstić information content (AvgIpc) is 2.87. The highest BCUT2D eigenvalue weighted by Gasteiger charge is 2.25. The van der Waals surface area contributed by atoms with Gasteiger partial charge in [0.25, 0.3) is 0 Å². The van der Waals surface area contributed by atoms with Gasteiger partial charge in [-0.15, -0.1) is 11.8 Å². The van der Waals surface area contributed by atoms with Gasteiger partial charge in [-0.3, -0.25) is 9.59 Å². The van der Waals surface area contributed by atoms with Gasteiger partial charge < -0.3 is 10.6 Å². The zero-order valence-corrected chi connectivity index (χ0v) is 18.0. The van der Waals surface area contributed by atoms with Crippen LogP contribution in [0.25, 0.3) is 0 Å². The second-order valence-electron chi connectivity index (χ2n) is 7.03. The Labute approximate surface area is 175 Å². The number of aryl methyl sites for hydroxylation is 1. The summed E-state index contributed by atoms with van der Waals surface area (Å²) in [5, 5.41) is 5.54. The number of amides is 2. The predicted octanol–water partition coefficient (Wildman–Crippen LogP) is 3.73. The van der Waals surface area contributed by atoms with Gasteiger partial charge in [-0.25, -0.2) is 8.42 Å². The van der Waals surface area contributed by atoms with Crippen molar-refractivity contribution in [1.29, 1.82) is 0 Å². The molecule has 3 rings (SSSR count). The lowest BCUT2D eigenvalue weighted by molar-refractivity contribution is -0.119. The van der Waals surface area contributed by atoms with Crippen molar-refractivity contribution < 1.29 is 18.0 Å². The molecule has 29 heavy (non-hydrogen) atoms. The first-order valence-electron chi connectivity index (χ1n) is 9.48. The van der Waals surface area contributed by atoms with Gasteiger partial charge in [-0.1, -0.05) is 26.0 Å². The maximum Gasteiger partial charge on any atom is 0.228 e. The highest BCUT2D eigenvalue weighted by atomic mass is 32.2. The highest BCUT2D eigenvalue weighted by Crippen LogP contribution is 2.33. The van der Waals surface area contributed by atoms with E-state index in [1.54, 1.807) is 19.1 Å². The van der Waals surface area contributed by atoms with Crippen molar-refractivity contribution in [3.8, 4) is 0 Å². The quantitative estimate of drug-likeness (QED) is 0.726. The van der Waals surface area contributed by atoms with E-state index < -0.39 is 15.8 Å². The Kier molecular flexibility index (Phi) is 6.64. The number of anilines is 2. The molecule has 2 aromatic rings. The number of benzene rings is 2. The van der Waals surface area contributed by atoms with Crippen molar-refractivity contribution in [1.82, 2.24) is 0 Å². The second-order valence-corrected chi connectivity index (χ2v) is 10.2. The van der Waals surface area contributed by atoms with Crippen LogP contribution < -0.4 is 10.6 Å². The monoisotopic (exact) mass is 432 g/mol. The largest absolute Gasteiger partial charge is 0.326 e. The molecule has 0 saturated carbocycles. The Morgan fingerprint density at radius 1 is 1.24 bits per heavy atom. The maximum atomic E-state index is 12.9. The summed E-state index contributed by atoms with van der Waals surface area (Å²) in [6.45, 7) is 3.62. The van der Waals surface area contributed by atoms with E-state index in [1.807, 2.05) is 25.1 Å². The minimum absolute atomic E-state index is 0.103. The van der Waals surface area contributed by atoms with Crippen molar-refractivity contribution in [2.75, 3.05) is 22.1 Å². The van der Waals surface area contributed by atoms with Gasteiger partial charge in [0.05, 0.1) is 16.3 Å². The molecule has 1 atom stereocenters. The molecule has 0 saturated heterocycles. The number of carbonyl (C=O) groups excluding carboxylic acids is 2. The molecule has 0 radical (unpaired) electrons. The Morgan fingerprint density at radius 2 is 2.03 bits per heavy atom. The maximum absolute atomic E-state index is 12.9. The number of thioether (sulfide) groups is 1. The van der Waals surface area contributed by atoms with Crippen molar-refractivity contribution in [3.63, 3.8) is 0 Å². The third-order valence-corrected chi connectivity index (χ3v) is 7.68. The van der Waals surface area contributed by atoms with E-state index in [4.69, 9.17) is 0 Å². The number of fused-ring (bicyclic) bond motifs is 1. The topological polar surface area (TPSA) is 92.3 Å². The molecule has 8 heteroatoms. The summed E-state index contributed by atoms with van der Waals surface area (Å²) in [6.07, 6.45) is 1.23. The van der Waals surface area contributed by atoms with E-state index >= 15 is 0 Å². The number of hydrogen-bond donors (Lipinski definition) is 2. The standard InChI is InChI=1S/C21H24N2O4S2/c1-3-15-5-4-6-16(11-15)22-21(25)14(2)13-29(26,27)17-7-8-19-18(12-17)23-20(24)9-10-28-19/h4-8,11-12,14H,3,9-10,13H2,1-2H3,(H,22,25)(H,23,24)/t14-/m1/s1. The Morgan fingerprint density at radius 3 is 2.79 bits per heavy atom. The highest BCUT2D eigenvalue weighted by molar-refractivity contribution is 7.99. The molecule has 1 aliphatic rings. The molecule has 1 heterocycles. The van der Waals surface area contributed by atoms with Crippen molar-refractivity contribution in [2.45, 2.75) is 36.5 Å².